The topological polar surface area (TPSA) is 65.0 Å². The van der Waals surface area contributed by atoms with Gasteiger partial charge in [0.1, 0.15) is 5.82 Å². The predicted molar refractivity (Wildman–Crippen MR) is 84.3 cm³/mol. The molecule has 3 rings (SSSR count). The third kappa shape index (κ3) is 4.19. The van der Waals surface area contributed by atoms with Gasteiger partial charge < -0.3 is 8.94 Å². The number of benzene rings is 1. The SMILES string of the molecule is CC(C)Cc1noc(CSc2ncc(-c3ccc(F)cc3)o2)n1. The first kappa shape index (κ1) is 15.7. The van der Waals surface area contributed by atoms with Crippen LogP contribution in [0.4, 0.5) is 4.39 Å². The van der Waals surface area contributed by atoms with E-state index >= 15 is 0 Å². The Morgan fingerprint density at radius 2 is 2.00 bits per heavy atom. The first-order valence-corrected chi connectivity index (χ1v) is 8.25. The first-order chi connectivity index (χ1) is 11.1. The number of oxazole rings is 1. The fourth-order valence-electron chi connectivity index (χ4n) is 1.99. The average molecular weight is 333 g/mol. The van der Waals surface area contributed by atoms with Crippen molar-refractivity contribution >= 4 is 11.8 Å². The Labute approximate surface area is 137 Å². The molecule has 0 saturated carbocycles. The molecular formula is C16H16FN3O2S. The summed E-state index contributed by atoms with van der Waals surface area (Å²) in [6.07, 6.45) is 2.41. The van der Waals surface area contributed by atoms with Crippen LogP contribution in [0.1, 0.15) is 25.6 Å². The lowest BCUT2D eigenvalue weighted by molar-refractivity contribution is 0.381. The first-order valence-electron chi connectivity index (χ1n) is 7.26. The molecule has 0 amide bonds. The van der Waals surface area contributed by atoms with E-state index in [0.717, 1.165) is 17.8 Å². The summed E-state index contributed by atoms with van der Waals surface area (Å²) in [6.45, 7) is 4.21. The van der Waals surface area contributed by atoms with Gasteiger partial charge in [-0.1, -0.05) is 30.8 Å². The minimum Gasteiger partial charge on any atom is -0.431 e. The Bertz CT molecular complexity index is 768. The molecule has 0 saturated heterocycles. The van der Waals surface area contributed by atoms with E-state index in [2.05, 4.69) is 29.0 Å². The van der Waals surface area contributed by atoms with Gasteiger partial charge in [-0.15, -0.1) is 0 Å². The molecular weight excluding hydrogens is 317 g/mol. The Kier molecular flexibility index (Phi) is 4.76. The highest BCUT2D eigenvalue weighted by atomic mass is 32.2. The Balaban J connectivity index is 1.61. The van der Waals surface area contributed by atoms with Gasteiger partial charge in [0.05, 0.1) is 11.9 Å². The predicted octanol–water partition coefficient (Wildman–Crippen LogP) is 4.35. The fourth-order valence-corrected chi connectivity index (χ4v) is 2.63. The second-order valence-electron chi connectivity index (χ2n) is 5.49. The van der Waals surface area contributed by atoms with Gasteiger partial charge in [-0.25, -0.2) is 9.37 Å². The lowest BCUT2D eigenvalue weighted by Gasteiger charge is -1.96. The maximum atomic E-state index is 12.9. The number of halogens is 1. The molecule has 0 N–H and O–H groups in total. The third-order valence-electron chi connectivity index (χ3n) is 3.03. The summed E-state index contributed by atoms with van der Waals surface area (Å²) in [7, 11) is 0. The molecule has 7 heteroatoms. The molecule has 0 spiro atoms. The molecule has 0 bridgehead atoms. The maximum absolute atomic E-state index is 12.9. The van der Waals surface area contributed by atoms with Crippen LogP contribution in [0.25, 0.3) is 11.3 Å². The second kappa shape index (κ2) is 6.95. The van der Waals surface area contributed by atoms with Gasteiger partial charge >= 0.3 is 0 Å². The summed E-state index contributed by atoms with van der Waals surface area (Å²) in [5.74, 6) is 2.56. The number of aromatic nitrogens is 3. The quantitative estimate of drug-likeness (QED) is 0.625. The van der Waals surface area contributed by atoms with Crippen molar-refractivity contribution in [3.05, 3.63) is 48.0 Å². The zero-order chi connectivity index (χ0) is 16.2. The van der Waals surface area contributed by atoms with Crippen molar-refractivity contribution in [2.24, 2.45) is 5.92 Å². The molecule has 0 aliphatic rings. The van der Waals surface area contributed by atoms with Gasteiger partial charge in [0.2, 0.25) is 5.89 Å². The van der Waals surface area contributed by atoms with E-state index in [1.165, 1.54) is 23.9 Å². The summed E-state index contributed by atoms with van der Waals surface area (Å²) in [5.41, 5.74) is 0.780. The molecule has 0 unspecified atom stereocenters. The molecule has 23 heavy (non-hydrogen) atoms. The smallest absolute Gasteiger partial charge is 0.256 e. The van der Waals surface area contributed by atoms with Crippen molar-refractivity contribution in [2.75, 3.05) is 0 Å². The number of nitrogens with zero attached hydrogens (tertiary/aromatic N) is 3. The minimum absolute atomic E-state index is 0.281. The monoisotopic (exact) mass is 333 g/mol. The highest BCUT2D eigenvalue weighted by Gasteiger charge is 2.11. The van der Waals surface area contributed by atoms with Crippen LogP contribution >= 0.6 is 11.8 Å². The van der Waals surface area contributed by atoms with Crippen LogP contribution in [0.2, 0.25) is 0 Å². The van der Waals surface area contributed by atoms with Gasteiger partial charge in [-0.3, -0.25) is 0 Å². The standard InChI is InChI=1S/C16H16FN3O2S/c1-10(2)7-14-19-15(22-20-14)9-23-16-18-8-13(21-16)11-3-5-12(17)6-4-11/h3-6,8,10H,7,9H2,1-2H3. The normalized spacial score (nSPS) is 11.3. The van der Waals surface area contributed by atoms with Crippen molar-refractivity contribution in [3.8, 4) is 11.3 Å². The van der Waals surface area contributed by atoms with E-state index in [4.69, 9.17) is 8.94 Å². The van der Waals surface area contributed by atoms with Crippen molar-refractivity contribution in [3.63, 3.8) is 0 Å². The summed E-state index contributed by atoms with van der Waals surface area (Å²) in [4.78, 5) is 8.53. The van der Waals surface area contributed by atoms with Crippen molar-refractivity contribution < 1.29 is 13.3 Å². The van der Waals surface area contributed by atoms with Gasteiger partial charge in [0.15, 0.2) is 11.6 Å². The van der Waals surface area contributed by atoms with E-state index < -0.39 is 0 Å². The number of rotatable bonds is 6. The van der Waals surface area contributed by atoms with Gasteiger partial charge in [0, 0.05) is 12.0 Å². The molecule has 0 radical (unpaired) electrons. The number of hydrogen-bond acceptors (Lipinski definition) is 6. The molecule has 0 aliphatic heterocycles. The van der Waals surface area contributed by atoms with Crippen LogP contribution in [-0.2, 0) is 12.2 Å². The molecule has 120 valence electrons. The fraction of sp³-hybridized carbons (Fsp3) is 0.312. The van der Waals surface area contributed by atoms with Crippen LogP contribution in [-0.4, -0.2) is 15.1 Å². The molecule has 2 aromatic heterocycles. The van der Waals surface area contributed by atoms with E-state index in [1.54, 1.807) is 18.3 Å². The van der Waals surface area contributed by atoms with Crippen LogP contribution in [0.15, 0.2) is 44.6 Å². The van der Waals surface area contributed by atoms with Gasteiger partial charge in [0.25, 0.3) is 5.22 Å². The van der Waals surface area contributed by atoms with Crippen LogP contribution < -0.4 is 0 Å². The molecule has 0 fully saturated rings. The van der Waals surface area contributed by atoms with Crippen molar-refractivity contribution in [1.82, 2.24) is 15.1 Å². The third-order valence-corrected chi connectivity index (χ3v) is 3.86. The summed E-state index contributed by atoms with van der Waals surface area (Å²) >= 11 is 1.38. The van der Waals surface area contributed by atoms with E-state index in [9.17, 15) is 4.39 Å². The molecule has 0 aliphatic carbocycles. The highest BCUT2D eigenvalue weighted by Crippen LogP contribution is 2.27. The molecule has 3 aromatic rings. The minimum atomic E-state index is -0.281. The second-order valence-corrected chi connectivity index (χ2v) is 6.41. The van der Waals surface area contributed by atoms with E-state index in [0.29, 0.717) is 28.5 Å². The molecule has 0 atom stereocenters. The maximum Gasteiger partial charge on any atom is 0.256 e. The summed E-state index contributed by atoms with van der Waals surface area (Å²) < 4.78 is 23.8. The Hall–Kier alpha value is -2.15. The lowest BCUT2D eigenvalue weighted by Crippen LogP contribution is -1.96. The van der Waals surface area contributed by atoms with Crippen LogP contribution in [0.5, 0.6) is 0 Å². The molecule has 1 aromatic carbocycles. The van der Waals surface area contributed by atoms with Crippen LogP contribution in [0.3, 0.4) is 0 Å². The van der Waals surface area contributed by atoms with Crippen molar-refractivity contribution in [2.45, 2.75) is 31.2 Å². The number of hydrogen-bond donors (Lipinski definition) is 0. The van der Waals surface area contributed by atoms with E-state index in [-0.39, 0.29) is 5.82 Å². The molecule has 2 heterocycles. The summed E-state index contributed by atoms with van der Waals surface area (Å²) in [5, 5.41) is 4.45. The van der Waals surface area contributed by atoms with Gasteiger partial charge in [-0.05, 0) is 30.2 Å². The lowest BCUT2D eigenvalue weighted by atomic mass is 10.1. The average Bonchev–Trinajstić information content (AvgIpc) is 3.14. The zero-order valence-corrected chi connectivity index (χ0v) is 13.6. The molecule has 5 nitrogen and oxygen atoms in total. The Morgan fingerprint density at radius 1 is 1.22 bits per heavy atom. The summed E-state index contributed by atoms with van der Waals surface area (Å²) in [6, 6.07) is 6.08. The largest absolute Gasteiger partial charge is 0.431 e. The van der Waals surface area contributed by atoms with Crippen LogP contribution in [0, 0.1) is 11.7 Å². The Morgan fingerprint density at radius 3 is 2.74 bits per heavy atom. The van der Waals surface area contributed by atoms with Crippen molar-refractivity contribution in [1.29, 1.82) is 0 Å². The highest BCUT2D eigenvalue weighted by molar-refractivity contribution is 7.98. The number of thioether (sulfide) groups is 1. The van der Waals surface area contributed by atoms with E-state index in [1.807, 2.05) is 0 Å². The zero-order valence-electron chi connectivity index (χ0n) is 12.8. The van der Waals surface area contributed by atoms with Gasteiger partial charge in [-0.2, -0.15) is 4.98 Å².